The molecular formula is C13H22SSi. The molecule has 0 unspecified atom stereocenters. The average Bonchev–Trinajstić information content (AvgIpc) is 2.17. The smallest absolute Gasteiger partial charge is 0.0790 e. The van der Waals surface area contributed by atoms with Crippen molar-refractivity contribution < 1.29 is 0 Å². The average molecular weight is 238 g/mol. The van der Waals surface area contributed by atoms with Gasteiger partial charge in [0.2, 0.25) is 0 Å². The Labute approximate surface area is 99.5 Å². The van der Waals surface area contributed by atoms with E-state index in [0.717, 1.165) is 0 Å². The Morgan fingerprint density at radius 2 is 1.80 bits per heavy atom. The van der Waals surface area contributed by atoms with Crippen molar-refractivity contribution in [3.63, 3.8) is 0 Å². The molecule has 1 aromatic rings. The number of rotatable bonds is 5. The van der Waals surface area contributed by atoms with Gasteiger partial charge in [-0.2, -0.15) is 0 Å². The van der Waals surface area contributed by atoms with Gasteiger partial charge >= 0.3 is 0 Å². The Kier molecular flexibility index (Phi) is 4.93. The van der Waals surface area contributed by atoms with Crippen molar-refractivity contribution in [3.8, 4) is 0 Å². The Morgan fingerprint density at radius 3 is 2.40 bits per heavy atom. The highest BCUT2D eigenvalue weighted by Crippen LogP contribution is 2.20. The normalized spacial score (nSPS) is 11.7. The molecule has 84 valence electrons. The SMILES string of the molecule is CCCCSc1ccccc1[Si](C)(C)C. The summed E-state index contributed by atoms with van der Waals surface area (Å²) in [5.41, 5.74) is 0. The van der Waals surface area contributed by atoms with Crippen LogP contribution in [0.1, 0.15) is 19.8 Å². The molecule has 0 fully saturated rings. The Balaban J connectivity index is 2.78. The van der Waals surface area contributed by atoms with Gasteiger partial charge in [0.15, 0.2) is 0 Å². The van der Waals surface area contributed by atoms with E-state index in [1.165, 1.54) is 23.5 Å². The van der Waals surface area contributed by atoms with Gasteiger partial charge in [0.05, 0.1) is 8.07 Å². The van der Waals surface area contributed by atoms with E-state index < -0.39 is 8.07 Å². The van der Waals surface area contributed by atoms with E-state index in [0.29, 0.717) is 0 Å². The standard InChI is InChI=1S/C13H22SSi/c1-5-6-11-14-12-9-7-8-10-13(12)15(2,3)4/h7-10H,5-6,11H2,1-4H3. The predicted octanol–water partition coefficient (Wildman–Crippen LogP) is 4.12. The van der Waals surface area contributed by atoms with E-state index in [1.54, 1.807) is 5.19 Å². The maximum Gasteiger partial charge on any atom is 0.0790 e. The van der Waals surface area contributed by atoms with Gasteiger partial charge in [-0.25, -0.2) is 0 Å². The van der Waals surface area contributed by atoms with Gasteiger partial charge in [-0.05, 0) is 23.4 Å². The summed E-state index contributed by atoms with van der Waals surface area (Å²) >= 11 is 2.03. The lowest BCUT2D eigenvalue weighted by Gasteiger charge is -2.20. The molecule has 1 aromatic carbocycles. The Bertz CT molecular complexity index is 302. The first kappa shape index (κ1) is 12.9. The molecule has 0 saturated heterocycles. The maximum absolute atomic E-state index is 2.42. The molecule has 0 saturated carbocycles. The lowest BCUT2D eigenvalue weighted by atomic mass is 10.4. The quantitative estimate of drug-likeness (QED) is 0.422. The molecule has 0 bridgehead atoms. The third-order valence-electron chi connectivity index (χ3n) is 2.45. The number of hydrogen-bond donors (Lipinski definition) is 0. The van der Waals surface area contributed by atoms with Crippen LogP contribution in [-0.4, -0.2) is 13.8 Å². The first-order chi connectivity index (χ1) is 7.05. The van der Waals surface area contributed by atoms with Crippen LogP contribution in [0.2, 0.25) is 19.6 Å². The fourth-order valence-electron chi connectivity index (χ4n) is 1.54. The number of benzene rings is 1. The van der Waals surface area contributed by atoms with Crippen LogP contribution in [0.5, 0.6) is 0 Å². The van der Waals surface area contributed by atoms with Crippen LogP contribution in [0.3, 0.4) is 0 Å². The second-order valence-electron chi connectivity index (χ2n) is 4.95. The molecule has 0 nitrogen and oxygen atoms in total. The maximum atomic E-state index is 2.42. The summed E-state index contributed by atoms with van der Waals surface area (Å²) in [4.78, 5) is 1.52. The minimum Gasteiger partial charge on any atom is -0.126 e. The molecule has 0 aliphatic rings. The second-order valence-corrected chi connectivity index (χ2v) is 11.1. The summed E-state index contributed by atoms with van der Waals surface area (Å²) in [7, 11) is -1.16. The molecular weight excluding hydrogens is 216 g/mol. The fourth-order valence-corrected chi connectivity index (χ4v) is 5.14. The largest absolute Gasteiger partial charge is 0.126 e. The van der Waals surface area contributed by atoms with Crippen LogP contribution in [0.4, 0.5) is 0 Å². The topological polar surface area (TPSA) is 0 Å². The molecule has 0 N–H and O–H groups in total. The van der Waals surface area contributed by atoms with E-state index in [1.807, 2.05) is 11.8 Å². The second kappa shape index (κ2) is 5.76. The molecule has 2 heteroatoms. The molecule has 15 heavy (non-hydrogen) atoms. The highest BCUT2D eigenvalue weighted by atomic mass is 32.2. The van der Waals surface area contributed by atoms with Crippen LogP contribution in [0.25, 0.3) is 0 Å². The van der Waals surface area contributed by atoms with Crippen molar-refractivity contribution in [3.05, 3.63) is 24.3 Å². The molecule has 0 amide bonds. The van der Waals surface area contributed by atoms with Gasteiger partial charge in [0, 0.05) is 4.90 Å². The Morgan fingerprint density at radius 1 is 1.13 bits per heavy atom. The highest BCUT2D eigenvalue weighted by Gasteiger charge is 2.19. The fraction of sp³-hybridized carbons (Fsp3) is 0.538. The van der Waals surface area contributed by atoms with Gasteiger partial charge in [0.25, 0.3) is 0 Å². The highest BCUT2D eigenvalue weighted by molar-refractivity contribution is 7.99. The molecule has 0 aliphatic heterocycles. The van der Waals surface area contributed by atoms with Crippen LogP contribution in [0.15, 0.2) is 29.2 Å². The van der Waals surface area contributed by atoms with E-state index in [4.69, 9.17) is 0 Å². The van der Waals surface area contributed by atoms with Gasteiger partial charge in [-0.3, -0.25) is 0 Å². The van der Waals surface area contributed by atoms with E-state index in [9.17, 15) is 0 Å². The van der Waals surface area contributed by atoms with Crippen molar-refractivity contribution in [2.75, 3.05) is 5.75 Å². The van der Waals surface area contributed by atoms with Crippen LogP contribution >= 0.6 is 11.8 Å². The third-order valence-corrected chi connectivity index (χ3v) is 5.84. The predicted molar refractivity (Wildman–Crippen MR) is 75.1 cm³/mol. The zero-order valence-corrected chi connectivity index (χ0v) is 12.2. The van der Waals surface area contributed by atoms with E-state index in [2.05, 4.69) is 50.8 Å². The lowest BCUT2D eigenvalue weighted by molar-refractivity contribution is 0.896. The first-order valence-corrected chi connectivity index (χ1v) is 10.3. The van der Waals surface area contributed by atoms with Crippen molar-refractivity contribution in [2.24, 2.45) is 0 Å². The van der Waals surface area contributed by atoms with Gasteiger partial charge in [-0.1, -0.05) is 51.2 Å². The molecule has 0 heterocycles. The number of hydrogen-bond acceptors (Lipinski definition) is 1. The zero-order chi connectivity index (χ0) is 11.3. The van der Waals surface area contributed by atoms with E-state index in [-0.39, 0.29) is 0 Å². The van der Waals surface area contributed by atoms with Crippen LogP contribution < -0.4 is 5.19 Å². The van der Waals surface area contributed by atoms with Gasteiger partial charge in [-0.15, -0.1) is 11.8 Å². The molecule has 1 rings (SSSR count). The summed E-state index contributed by atoms with van der Waals surface area (Å²) in [5.74, 6) is 1.26. The summed E-state index contributed by atoms with van der Waals surface area (Å²) in [5, 5.41) is 1.62. The van der Waals surface area contributed by atoms with Crippen molar-refractivity contribution in [2.45, 2.75) is 44.3 Å². The number of unbranched alkanes of at least 4 members (excludes halogenated alkanes) is 1. The molecule has 0 aliphatic carbocycles. The zero-order valence-electron chi connectivity index (χ0n) is 10.3. The van der Waals surface area contributed by atoms with Gasteiger partial charge in [0.1, 0.15) is 0 Å². The molecule has 0 atom stereocenters. The van der Waals surface area contributed by atoms with Crippen LogP contribution in [0, 0.1) is 0 Å². The van der Waals surface area contributed by atoms with E-state index >= 15 is 0 Å². The molecule has 0 radical (unpaired) electrons. The molecule has 0 spiro atoms. The summed E-state index contributed by atoms with van der Waals surface area (Å²) in [6.07, 6.45) is 2.62. The van der Waals surface area contributed by atoms with Crippen molar-refractivity contribution >= 4 is 25.0 Å². The number of thioether (sulfide) groups is 1. The summed E-state index contributed by atoms with van der Waals surface area (Å²) in [6.45, 7) is 9.52. The summed E-state index contributed by atoms with van der Waals surface area (Å²) < 4.78 is 0. The molecule has 0 aromatic heterocycles. The third kappa shape index (κ3) is 4.04. The summed E-state index contributed by atoms with van der Waals surface area (Å²) in [6, 6.07) is 8.95. The minimum absolute atomic E-state index is 1.16. The Hall–Kier alpha value is -0.213. The van der Waals surface area contributed by atoms with Crippen LogP contribution in [-0.2, 0) is 0 Å². The van der Waals surface area contributed by atoms with Crippen molar-refractivity contribution in [1.82, 2.24) is 0 Å². The first-order valence-electron chi connectivity index (χ1n) is 5.78. The minimum atomic E-state index is -1.16. The lowest BCUT2D eigenvalue weighted by Crippen LogP contribution is -2.38. The van der Waals surface area contributed by atoms with Gasteiger partial charge < -0.3 is 0 Å². The van der Waals surface area contributed by atoms with Crippen molar-refractivity contribution in [1.29, 1.82) is 0 Å². The monoisotopic (exact) mass is 238 g/mol.